The van der Waals surface area contributed by atoms with Gasteiger partial charge in [-0.3, -0.25) is 34.6 Å². The molecule has 1 unspecified atom stereocenters. The van der Waals surface area contributed by atoms with E-state index in [2.05, 4.69) is 64.6 Å². The Morgan fingerprint density at radius 1 is 0.828 bits per heavy atom. The Kier molecular flexibility index (Phi) is 9.34. The predicted molar refractivity (Wildman–Crippen MR) is 220 cm³/mol. The number of aromatic nitrogens is 4. The molecule has 0 spiro atoms. The highest BCUT2D eigenvalue weighted by Crippen LogP contribution is 2.45. The highest BCUT2D eigenvalue weighted by molar-refractivity contribution is 6.19. The largest absolute Gasteiger partial charge is 0.477 e. The van der Waals surface area contributed by atoms with Crippen molar-refractivity contribution in [2.75, 3.05) is 72.4 Å². The molecule has 3 saturated heterocycles. The first kappa shape index (κ1) is 36.5. The molecule has 10 rings (SSSR count). The summed E-state index contributed by atoms with van der Waals surface area (Å²) < 4.78 is 8.04. The van der Waals surface area contributed by atoms with Crippen molar-refractivity contribution in [1.82, 2.24) is 30.0 Å². The van der Waals surface area contributed by atoms with Gasteiger partial charge in [-0.25, -0.2) is 4.68 Å². The molecule has 1 aliphatic carbocycles. The van der Waals surface area contributed by atoms with Gasteiger partial charge >= 0.3 is 0 Å². The van der Waals surface area contributed by atoms with Crippen LogP contribution in [0.1, 0.15) is 66.2 Å². The Bertz CT molecular complexity index is 2290. The summed E-state index contributed by atoms with van der Waals surface area (Å²) in [6, 6.07) is 14.7. The number of ether oxygens (including phenoxy) is 1. The van der Waals surface area contributed by atoms with Crippen LogP contribution < -0.4 is 30.1 Å². The van der Waals surface area contributed by atoms with E-state index in [0.717, 1.165) is 106 Å². The van der Waals surface area contributed by atoms with Crippen LogP contribution in [-0.4, -0.2) is 107 Å². The van der Waals surface area contributed by atoms with Gasteiger partial charge in [0.15, 0.2) is 0 Å². The van der Waals surface area contributed by atoms with Gasteiger partial charge in [0.1, 0.15) is 0 Å². The number of imide groups is 1. The maximum Gasteiger partial charge on any atom is 0.280 e. The summed E-state index contributed by atoms with van der Waals surface area (Å²) in [6.45, 7) is 9.10. The van der Waals surface area contributed by atoms with Gasteiger partial charge in [0.05, 0.1) is 58.9 Å². The summed E-state index contributed by atoms with van der Waals surface area (Å²) in [5.41, 5.74) is 7.65. The molecule has 15 heteroatoms. The number of fused-ring (bicyclic) bond motifs is 8. The Morgan fingerprint density at radius 2 is 1.64 bits per heavy atom. The van der Waals surface area contributed by atoms with Crippen LogP contribution >= 0.6 is 0 Å². The van der Waals surface area contributed by atoms with Crippen LogP contribution in [0.4, 0.5) is 22.7 Å². The molecule has 4 fully saturated rings. The van der Waals surface area contributed by atoms with Gasteiger partial charge < -0.3 is 24.8 Å². The van der Waals surface area contributed by atoms with Crippen LogP contribution in [0, 0.1) is 18.8 Å². The quantitative estimate of drug-likeness (QED) is 0.283. The SMILES string of the molecule is Cc1cc2cc(n1)-c1cnn(C)c1OCC[C@H]1C[C@@H]1CN1/C(=N/C2=O)Nc2ccc(N3CCN(C4CCN(c5ccc(C6CCC(=O)NC6=O)nc5)CC4)CC3)cc21. The van der Waals surface area contributed by atoms with Gasteiger partial charge in [-0.05, 0) is 93.3 Å². The van der Waals surface area contributed by atoms with Crippen LogP contribution in [0.15, 0.2) is 59.9 Å². The number of pyridine rings is 2. The number of hydrogen-bond donors (Lipinski definition) is 2. The average molecular weight is 784 g/mol. The molecule has 2 N–H and O–H groups in total. The summed E-state index contributed by atoms with van der Waals surface area (Å²) in [4.78, 5) is 61.6. The number of amides is 3. The number of guanidine groups is 1. The number of piperidine rings is 2. The fourth-order valence-electron chi connectivity index (χ4n) is 9.51. The number of hydrogen-bond acceptors (Lipinski definition) is 12. The second-order valence-electron chi connectivity index (χ2n) is 16.6. The second-order valence-corrected chi connectivity index (χ2v) is 16.6. The molecule has 4 aromatic rings. The van der Waals surface area contributed by atoms with Crippen molar-refractivity contribution in [1.29, 1.82) is 0 Å². The Balaban J connectivity index is 0.798. The predicted octanol–water partition coefficient (Wildman–Crippen LogP) is 4.34. The molecule has 6 aliphatic rings. The molecule has 58 heavy (non-hydrogen) atoms. The first-order valence-electron chi connectivity index (χ1n) is 20.7. The van der Waals surface area contributed by atoms with Crippen molar-refractivity contribution in [2.24, 2.45) is 23.9 Å². The first-order valence-corrected chi connectivity index (χ1v) is 20.7. The Labute approximate surface area is 337 Å². The number of nitrogens with one attached hydrogen (secondary N) is 2. The number of aliphatic imine (C=N–C) groups is 1. The van der Waals surface area contributed by atoms with E-state index in [9.17, 15) is 14.4 Å². The number of piperazine rings is 1. The van der Waals surface area contributed by atoms with E-state index in [1.807, 2.05) is 26.2 Å². The molecule has 3 atom stereocenters. The van der Waals surface area contributed by atoms with Crippen molar-refractivity contribution < 1.29 is 19.1 Å². The molecule has 300 valence electrons. The lowest BCUT2D eigenvalue weighted by Crippen LogP contribution is -2.53. The first-order chi connectivity index (χ1) is 28.2. The summed E-state index contributed by atoms with van der Waals surface area (Å²) in [6.07, 6.45) is 8.74. The standard InChI is InChI=1S/C43H49N11O4/c1-26-19-28-21-37(46-26)34-24-45-50(2)42(34)58-18-11-27-20-29(27)25-54-38-22-31(3-7-36(38)47-43(54)49-40(28)56)53-16-14-52(15-17-53)30-9-12-51(13-10-30)32-4-6-35(44-23-32)33-5-8-39(55)48-41(33)57/h3-4,6-7,19,21-24,27,29-30,33H,5,8-18,20,25H2,1-2H3,(H,47,49,56)(H,48,55,57)/t27-,29+,33?/m0/s1. The molecule has 1 aromatic carbocycles. The topological polar surface area (TPSA) is 153 Å². The fourth-order valence-corrected chi connectivity index (χ4v) is 9.51. The van der Waals surface area contributed by atoms with E-state index in [-0.39, 0.29) is 23.6 Å². The maximum atomic E-state index is 13.8. The normalized spacial score (nSPS) is 24.9. The zero-order valence-corrected chi connectivity index (χ0v) is 33.1. The minimum absolute atomic E-state index is 0.207. The average Bonchev–Trinajstić information content (AvgIpc) is 3.75. The van der Waals surface area contributed by atoms with Crippen LogP contribution in [0.5, 0.6) is 5.88 Å². The zero-order chi connectivity index (χ0) is 39.5. The number of aryl methyl sites for hydroxylation is 2. The monoisotopic (exact) mass is 783 g/mol. The van der Waals surface area contributed by atoms with E-state index in [1.165, 1.54) is 5.69 Å². The van der Waals surface area contributed by atoms with E-state index < -0.39 is 0 Å². The van der Waals surface area contributed by atoms with Gasteiger partial charge in [-0.2, -0.15) is 10.1 Å². The lowest BCUT2D eigenvalue weighted by Gasteiger charge is -2.43. The molecule has 15 nitrogen and oxygen atoms in total. The number of anilines is 4. The summed E-state index contributed by atoms with van der Waals surface area (Å²) >= 11 is 0. The van der Waals surface area contributed by atoms with Gasteiger partial charge in [0, 0.05) is 82.3 Å². The number of rotatable bonds is 4. The molecular weight excluding hydrogens is 735 g/mol. The second kappa shape index (κ2) is 14.8. The highest BCUT2D eigenvalue weighted by Gasteiger charge is 2.41. The third kappa shape index (κ3) is 7.05. The van der Waals surface area contributed by atoms with Crippen molar-refractivity contribution in [3.63, 3.8) is 0 Å². The van der Waals surface area contributed by atoms with Crippen LogP contribution in [-0.2, 0) is 16.6 Å². The highest BCUT2D eigenvalue weighted by atomic mass is 16.5. The van der Waals surface area contributed by atoms with Crippen LogP contribution in [0.3, 0.4) is 0 Å². The number of nitrogens with zero attached hydrogens (tertiary/aromatic N) is 9. The third-order valence-electron chi connectivity index (χ3n) is 12.9. The Hall–Kier alpha value is -5.83. The minimum Gasteiger partial charge on any atom is -0.477 e. The van der Waals surface area contributed by atoms with Crippen molar-refractivity contribution >= 4 is 46.4 Å². The maximum absolute atomic E-state index is 13.8. The van der Waals surface area contributed by atoms with E-state index in [1.54, 1.807) is 23.0 Å². The van der Waals surface area contributed by atoms with E-state index >= 15 is 0 Å². The fraction of sp³-hybridized carbons (Fsp3) is 0.465. The van der Waals surface area contributed by atoms with E-state index in [4.69, 9.17) is 14.7 Å². The molecule has 2 bridgehead atoms. The molecule has 3 amide bonds. The molecule has 0 radical (unpaired) electrons. The van der Waals surface area contributed by atoms with Gasteiger partial charge in [0.2, 0.25) is 23.7 Å². The minimum atomic E-state index is -0.362. The molecule has 1 saturated carbocycles. The lowest BCUT2D eigenvalue weighted by molar-refractivity contribution is -0.134. The smallest absolute Gasteiger partial charge is 0.280 e. The van der Waals surface area contributed by atoms with Crippen molar-refractivity contribution in [3.8, 4) is 17.1 Å². The van der Waals surface area contributed by atoms with Crippen LogP contribution in [0.25, 0.3) is 11.3 Å². The van der Waals surface area contributed by atoms with E-state index in [0.29, 0.717) is 60.4 Å². The number of benzene rings is 1. The number of carbonyl (C=O) groups is 3. The zero-order valence-electron chi connectivity index (χ0n) is 33.1. The molecule has 3 aromatic heterocycles. The van der Waals surface area contributed by atoms with Gasteiger partial charge in [-0.1, -0.05) is 0 Å². The number of carbonyl (C=O) groups excluding carboxylic acids is 3. The summed E-state index contributed by atoms with van der Waals surface area (Å²) in [5, 5.41) is 10.4. The lowest BCUT2D eigenvalue weighted by atomic mass is 9.94. The Morgan fingerprint density at radius 3 is 2.43 bits per heavy atom. The van der Waals surface area contributed by atoms with Crippen molar-refractivity contribution in [3.05, 3.63) is 71.8 Å². The molecular formula is C43H49N11O4. The third-order valence-corrected chi connectivity index (χ3v) is 12.9. The van der Waals surface area contributed by atoms with Crippen molar-refractivity contribution in [2.45, 2.75) is 57.4 Å². The summed E-state index contributed by atoms with van der Waals surface area (Å²) in [7, 11) is 1.87. The van der Waals surface area contributed by atoms with Gasteiger partial charge in [-0.15, -0.1) is 0 Å². The van der Waals surface area contributed by atoms with Crippen LogP contribution in [0.2, 0.25) is 0 Å². The molecule has 8 heterocycles. The summed E-state index contributed by atoms with van der Waals surface area (Å²) in [5.74, 6) is 1.11. The van der Waals surface area contributed by atoms with Gasteiger partial charge in [0.25, 0.3) is 5.91 Å². The molecule has 5 aliphatic heterocycles.